The average Bonchev–Trinajstić information content (AvgIpc) is 2.30. The number of aliphatic hydroxyl groups is 1. The normalized spacial score (nSPS) is 9.89. The van der Waals surface area contributed by atoms with Crippen LogP contribution in [0.15, 0.2) is 42.2 Å². The van der Waals surface area contributed by atoms with Gasteiger partial charge in [-0.05, 0) is 12.1 Å². The lowest BCUT2D eigenvalue weighted by Gasteiger charge is -1.88. The van der Waals surface area contributed by atoms with Crippen LogP contribution in [0, 0.1) is 0 Å². The molecular formula is C11H10O7. The van der Waals surface area contributed by atoms with E-state index in [2.05, 4.69) is 0 Å². The van der Waals surface area contributed by atoms with Gasteiger partial charge in [-0.2, -0.15) is 0 Å². The molecule has 7 nitrogen and oxygen atoms in total. The first-order chi connectivity index (χ1) is 8.34. The van der Waals surface area contributed by atoms with Gasteiger partial charge >= 0.3 is 17.9 Å². The molecule has 0 aliphatic carbocycles. The summed E-state index contributed by atoms with van der Waals surface area (Å²) in [6.07, 6.45) is 0.197. The molecule has 0 saturated heterocycles. The summed E-state index contributed by atoms with van der Waals surface area (Å²) >= 11 is 0. The van der Waals surface area contributed by atoms with Crippen LogP contribution in [-0.4, -0.2) is 38.3 Å². The van der Waals surface area contributed by atoms with Crippen LogP contribution in [0.25, 0.3) is 0 Å². The summed E-state index contributed by atoms with van der Waals surface area (Å²) in [6.45, 7) is 0. The number of hydrogen-bond donors (Lipinski definition) is 4. The molecule has 0 spiro atoms. The Bertz CT molecular complexity index is 462. The molecule has 0 amide bonds. The Hall–Kier alpha value is -2.83. The molecule has 1 rings (SSSR count). The number of carbonyl (C=O) groups is 3. The summed E-state index contributed by atoms with van der Waals surface area (Å²) in [7, 11) is 0. The first-order valence-electron chi connectivity index (χ1n) is 4.49. The van der Waals surface area contributed by atoms with Gasteiger partial charge in [-0.1, -0.05) is 18.2 Å². The maximum Gasteiger partial charge on any atom is 0.371 e. The zero-order valence-corrected chi connectivity index (χ0v) is 8.98. The van der Waals surface area contributed by atoms with Crippen LogP contribution in [-0.2, 0) is 9.59 Å². The summed E-state index contributed by atoms with van der Waals surface area (Å²) in [5.41, 5.74) is 0.331. The number of rotatable bonds is 3. The fourth-order valence-electron chi connectivity index (χ4n) is 0.759. The number of hydrogen-bond acceptors (Lipinski definition) is 4. The van der Waals surface area contributed by atoms with E-state index in [1.54, 1.807) is 30.3 Å². The van der Waals surface area contributed by atoms with Gasteiger partial charge in [-0.3, -0.25) is 0 Å². The summed E-state index contributed by atoms with van der Waals surface area (Å²) < 4.78 is 0. The molecule has 0 saturated carbocycles. The molecule has 1 aromatic carbocycles. The van der Waals surface area contributed by atoms with Crippen LogP contribution >= 0.6 is 0 Å². The molecule has 4 N–H and O–H groups in total. The van der Waals surface area contributed by atoms with Crippen molar-refractivity contribution in [3.63, 3.8) is 0 Å². The van der Waals surface area contributed by atoms with E-state index in [1.165, 1.54) is 0 Å². The first-order valence-corrected chi connectivity index (χ1v) is 4.49. The lowest BCUT2D eigenvalue weighted by molar-refractivity contribution is -0.137. The lowest BCUT2D eigenvalue weighted by atomic mass is 10.2. The maximum atomic E-state index is 10.2. The molecule has 0 atom stereocenters. The van der Waals surface area contributed by atoms with Gasteiger partial charge in [0.05, 0.1) is 11.6 Å². The second-order valence-corrected chi connectivity index (χ2v) is 2.84. The van der Waals surface area contributed by atoms with Gasteiger partial charge in [0.1, 0.15) is 0 Å². The second-order valence-electron chi connectivity index (χ2n) is 2.84. The Morgan fingerprint density at radius 3 is 1.61 bits per heavy atom. The molecular weight excluding hydrogens is 244 g/mol. The smallest absolute Gasteiger partial charge is 0.371 e. The zero-order valence-electron chi connectivity index (χ0n) is 8.98. The molecule has 96 valence electrons. The van der Waals surface area contributed by atoms with Crippen molar-refractivity contribution >= 4 is 17.9 Å². The Morgan fingerprint density at radius 1 is 0.889 bits per heavy atom. The lowest BCUT2D eigenvalue weighted by Crippen LogP contribution is -2.02. The van der Waals surface area contributed by atoms with Crippen molar-refractivity contribution in [1.82, 2.24) is 0 Å². The van der Waals surface area contributed by atoms with Crippen molar-refractivity contribution in [2.75, 3.05) is 0 Å². The van der Waals surface area contributed by atoms with Crippen molar-refractivity contribution < 1.29 is 34.8 Å². The van der Waals surface area contributed by atoms with Crippen molar-refractivity contribution in [3.05, 3.63) is 47.7 Å². The SMILES string of the molecule is O=C(O)/C=C(/O)C(=O)O.O=C(O)c1ccccc1. The van der Waals surface area contributed by atoms with E-state index in [0.29, 0.717) is 5.56 Å². The third-order valence-corrected chi connectivity index (χ3v) is 1.50. The monoisotopic (exact) mass is 254 g/mol. The molecule has 0 radical (unpaired) electrons. The summed E-state index contributed by atoms with van der Waals surface area (Å²) in [4.78, 5) is 29.5. The summed E-state index contributed by atoms with van der Waals surface area (Å²) in [5, 5.41) is 32.2. The Balaban J connectivity index is 0.000000321. The number of carboxylic acid groups (broad SMARTS) is 3. The van der Waals surface area contributed by atoms with E-state index in [9.17, 15) is 14.4 Å². The van der Waals surface area contributed by atoms with Crippen molar-refractivity contribution in [2.24, 2.45) is 0 Å². The van der Waals surface area contributed by atoms with Crippen molar-refractivity contribution in [3.8, 4) is 0 Å². The quantitative estimate of drug-likeness (QED) is 0.466. The molecule has 0 aromatic heterocycles. The second kappa shape index (κ2) is 7.44. The van der Waals surface area contributed by atoms with Crippen LogP contribution in [0.3, 0.4) is 0 Å². The Morgan fingerprint density at radius 2 is 1.39 bits per heavy atom. The van der Waals surface area contributed by atoms with Crippen molar-refractivity contribution in [2.45, 2.75) is 0 Å². The summed E-state index contributed by atoms with van der Waals surface area (Å²) in [6, 6.07) is 8.30. The number of aliphatic hydroxyl groups excluding tert-OH is 1. The van der Waals surface area contributed by atoms with E-state index in [-0.39, 0.29) is 6.08 Å². The van der Waals surface area contributed by atoms with Gasteiger partial charge in [-0.25, -0.2) is 14.4 Å². The highest BCUT2D eigenvalue weighted by Gasteiger charge is 2.04. The van der Waals surface area contributed by atoms with E-state index < -0.39 is 23.7 Å². The molecule has 0 bridgehead atoms. The van der Waals surface area contributed by atoms with Crippen LogP contribution < -0.4 is 0 Å². The van der Waals surface area contributed by atoms with Gasteiger partial charge in [-0.15, -0.1) is 0 Å². The highest BCUT2D eigenvalue weighted by Crippen LogP contribution is 1.96. The number of aromatic carboxylic acids is 1. The Labute approximate surface area is 101 Å². The molecule has 0 aliphatic rings. The fraction of sp³-hybridized carbons (Fsp3) is 0. The standard InChI is InChI=1S/C7H6O2.C4H4O5/c8-7(9)6-4-2-1-3-5-6;5-2(4(8)9)1-3(6)7/h1-5H,(H,8,9);1,5H,(H,6,7)(H,8,9)/b;2-1+. The minimum absolute atomic E-state index is 0.197. The minimum Gasteiger partial charge on any atom is -0.502 e. The fourth-order valence-corrected chi connectivity index (χ4v) is 0.759. The van der Waals surface area contributed by atoms with Crippen molar-refractivity contribution in [1.29, 1.82) is 0 Å². The van der Waals surface area contributed by atoms with Gasteiger partial charge in [0, 0.05) is 0 Å². The number of benzene rings is 1. The first kappa shape index (κ1) is 15.2. The topological polar surface area (TPSA) is 132 Å². The van der Waals surface area contributed by atoms with Gasteiger partial charge in [0.2, 0.25) is 5.76 Å². The largest absolute Gasteiger partial charge is 0.502 e. The molecule has 0 fully saturated rings. The molecule has 1 aromatic rings. The van der Waals surface area contributed by atoms with Gasteiger partial charge in [0.15, 0.2) is 0 Å². The Kier molecular flexibility index (Phi) is 6.27. The number of carboxylic acids is 3. The molecule has 7 heteroatoms. The van der Waals surface area contributed by atoms with E-state index in [1.807, 2.05) is 0 Å². The van der Waals surface area contributed by atoms with Crippen LogP contribution in [0.2, 0.25) is 0 Å². The predicted molar refractivity (Wildman–Crippen MR) is 59.4 cm³/mol. The highest BCUT2D eigenvalue weighted by atomic mass is 16.4. The van der Waals surface area contributed by atoms with Crippen LogP contribution in [0.4, 0.5) is 0 Å². The number of aliphatic carboxylic acids is 2. The van der Waals surface area contributed by atoms with E-state index in [0.717, 1.165) is 0 Å². The molecule has 0 heterocycles. The molecule has 18 heavy (non-hydrogen) atoms. The van der Waals surface area contributed by atoms with Crippen LogP contribution in [0.5, 0.6) is 0 Å². The predicted octanol–water partition coefficient (Wildman–Crippen LogP) is 0.982. The van der Waals surface area contributed by atoms with Gasteiger partial charge in [0.25, 0.3) is 0 Å². The van der Waals surface area contributed by atoms with Crippen LogP contribution in [0.1, 0.15) is 10.4 Å². The zero-order chi connectivity index (χ0) is 14.1. The summed E-state index contributed by atoms with van der Waals surface area (Å²) in [5.74, 6) is -5.20. The van der Waals surface area contributed by atoms with Gasteiger partial charge < -0.3 is 20.4 Å². The maximum absolute atomic E-state index is 10.2. The third-order valence-electron chi connectivity index (χ3n) is 1.50. The molecule has 0 aliphatic heterocycles. The highest BCUT2D eigenvalue weighted by molar-refractivity contribution is 5.92. The minimum atomic E-state index is -1.66. The third kappa shape index (κ3) is 6.62. The van der Waals surface area contributed by atoms with E-state index >= 15 is 0 Å². The molecule has 0 unspecified atom stereocenters. The van der Waals surface area contributed by atoms with E-state index in [4.69, 9.17) is 20.4 Å². The average molecular weight is 254 g/mol.